The number of nitrogens with one attached hydrogen (secondary N) is 1. The average molecular weight is 196 g/mol. The third-order valence-electron chi connectivity index (χ3n) is 2.29. The summed E-state index contributed by atoms with van der Waals surface area (Å²) in [7, 11) is 0. The number of rotatable bonds is 3. The van der Waals surface area contributed by atoms with E-state index in [1.807, 2.05) is 0 Å². The Morgan fingerprint density at radius 3 is 3.21 bits per heavy atom. The number of hydrogen-bond acceptors (Lipinski definition) is 3. The van der Waals surface area contributed by atoms with Crippen LogP contribution >= 0.6 is 0 Å². The van der Waals surface area contributed by atoms with E-state index in [2.05, 4.69) is 10.3 Å². The molecule has 1 fully saturated rings. The van der Waals surface area contributed by atoms with Crippen molar-refractivity contribution in [2.24, 2.45) is 0 Å². The zero-order valence-electron chi connectivity index (χ0n) is 7.87. The van der Waals surface area contributed by atoms with E-state index in [1.165, 1.54) is 24.9 Å². The molecule has 3 nitrogen and oxygen atoms in total. The maximum Gasteiger partial charge on any atom is 0.145 e. The normalized spacial score (nSPS) is 21.1. The largest absolute Gasteiger partial charge is 0.490 e. The first-order chi connectivity index (χ1) is 6.84. The van der Waals surface area contributed by atoms with Gasteiger partial charge in [-0.25, -0.2) is 4.39 Å². The van der Waals surface area contributed by atoms with E-state index >= 15 is 0 Å². The summed E-state index contributed by atoms with van der Waals surface area (Å²) in [5, 5.41) is 3.30. The molecule has 1 unspecified atom stereocenters. The quantitative estimate of drug-likeness (QED) is 0.792. The minimum atomic E-state index is -0.359. The SMILES string of the molecule is Fc1cncc(OCC2CCCN2)c1. The lowest BCUT2D eigenvalue weighted by atomic mass is 10.2. The van der Waals surface area contributed by atoms with Gasteiger partial charge in [-0.3, -0.25) is 4.98 Å². The number of nitrogens with zero attached hydrogens (tertiary/aromatic N) is 1. The predicted molar refractivity (Wildman–Crippen MR) is 50.7 cm³/mol. The van der Waals surface area contributed by atoms with Gasteiger partial charge in [0.25, 0.3) is 0 Å². The van der Waals surface area contributed by atoms with Crippen LogP contribution < -0.4 is 10.1 Å². The standard InChI is InChI=1S/C10H13FN2O/c11-8-4-10(6-12-5-8)14-7-9-2-1-3-13-9/h4-6,9,13H,1-3,7H2. The van der Waals surface area contributed by atoms with E-state index in [-0.39, 0.29) is 5.82 Å². The molecule has 1 aliphatic rings. The van der Waals surface area contributed by atoms with Crippen LogP contribution in [0.15, 0.2) is 18.5 Å². The van der Waals surface area contributed by atoms with Gasteiger partial charge >= 0.3 is 0 Å². The number of aromatic nitrogens is 1. The third kappa shape index (κ3) is 2.42. The minimum absolute atomic E-state index is 0.359. The molecule has 2 heterocycles. The van der Waals surface area contributed by atoms with Crippen LogP contribution in [0.1, 0.15) is 12.8 Å². The number of pyridine rings is 1. The van der Waals surface area contributed by atoms with E-state index in [1.54, 1.807) is 0 Å². The highest BCUT2D eigenvalue weighted by Gasteiger charge is 2.14. The molecule has 0 bridgehead atoms. The van der Waals surface area contributed by atoms with Gasteiger partial charge in [0.15, 0.2) is 0 Å². The summed E-state index contributed by atoms with van der Waals surface area (Å²) >= 11 is 0. The Morgan fingerprint density at radius 2 is 2.50 bits per heavy atom. The van der Waals surface area contributed by atoms with E-state index in [9.17, 15) is 4.39 Å². The summed E-state index contributed by atoms with van der Waals surface area (Å²) in [6.07, 6.45) is 5.01. The van der Waals surface area contributed by atoms with Gasteiger partial charge in [0.2, 0.25) is 0 Å². The lowest BCUT2D eigenvalue weighted by Gasteiger charge is -2.11. The second kappa shape index (κ2) is 4.37. The maximum atomic E-state index is 12.7. The lowest BCUT2D eigenvalue weighted by molar-refractivity contribution is 0.275. The van der Waals surface area contributed by atoms with Crippen molar-refractivity contribution < 1.29 is 9.13 Å². The van der Waals surface area contributed by atoms with Crippen LogP contribution in [0.4, 0.5) is 4.39 Å². The van der Waals surface area contributed by atoms with Crippen molar-refractivity contribution >= 4 is 0 Å². The van der Waals surface area contributed by atoms with Gasteiger partial charge in [-0.2, -0.15) is 0 Å². The van der Waals surface area contributed by atoms with Crippen molar-refractivity contribution in [2.75, 3.05) is 13.2 Å². The predicted octanol–water partition coefficient (Wildman–Crippen LogP) is 1.35. The molecule has 0 aliphatic carbocycles. The van der Waals surface area contributed by atoms with Crippen molar-refractivity contribution in [3.05, 3.63) is 24.3 Å². The highest BCUT2D eigenvalue weighted by atomic mass is 19.1. The van der Waals surface area contributed by atoms with Gasteiger partial charge < -0.3 is 10.1 Å². The molecule has 4 heteroatoms. The second-order valence-electron chi connectivity index (χ2n) is 3.44. The average Bonchev–Trinajstić information content (AvgIpc) is 2.67. The van der Waals surface area contributed by atoms with Crippen molar-refractivity contribution in [1.29, 1.82) is 0 Å². The van der Waals surface area contributed by atoms with Crippen LogP contribution in [-0.2, 0) is 0 Å². The first-order valence-corrected chi connectivity index (χ1v) is 4.81. The fourth-order valence-electron chi connectivity index (χ4n) is 1.57. The Hall–Kier alpha value is -1.16. The van der Waals surface area contributed by atoms with Crippen molar-refractivity contribution in [3.8, 4) is 5.75 Å². The highest BCUT2D eigenvalue weighted by molar-refractivity contribution is 5.16. The molecule has 2 rings (SSSR count). The first kappa shape index (κ1) is 9.40. The Balaban J connectivity index is 1.85. The van der Waals surface area contributed by atoms with E-state index in [0.717, 1.165) is 13.0 Å². The van der Waals surface area contributed by atoms with Gasteiger partial charge in [0.1, 0.15) is 18.2 Å². The van der Waals surface area contributed by atoms with E-state index < -0.39 is 0 Å². The van der Waals surface area contributed by atoms with E-state index in [0.29, 0.717) is 18.4 Å². The Morgan fingerprint density at radius 1 is 1.57 bits per heavy atom. The summed E-state index contributed by atoms with van der Waals surface area (Å²) < 4.78 is 18.1. The van der Waals surface area contributed by atoms with Crippen LogP contribution in [-0.4, -0.2) is 24.2 Å². The highest BCUT2D eigenvalue weighted by Crippen LogP contribution is 2.12. The molecule has 14 heavy (non-hydrogen) atoms. The molecule has 1 saturated heterocycles. The van der Waals surface area contributed by atoms with Crippen molar-refractivity contribution in [1.82, 2.24) is 10.3 Å². The van der Waals surface area contributed by atoms with Gasteiger partial charge in [-0.15, -0.1) is 0 Å². The number of halogens is 1. The Bertz CT molecular complexity index is 300. The van der Waals surface area contributed by atoms with Crippen LogP contribution in [0.5, 0.6) is 5.75 Å². The first-order valence-electron chi connectivity index (χ1n) is 4.81. The number of hydrogen-bond donors (Lipinski definition) is 1. The molecule has 1 N–H and O–H groups in total. The molecule has 1 aromatic rings. The third-order valence-corrected chi connectivity index (χ3v) is 2.29. The molecule has 1 aliphatic heterocycles. The fourth-order valence-corrected chi connectivity index (χ4v) is 1.57. The van der Waals surface area contributed by atoms with Crippen molar-refractivity contribution in [2.45, 2.75) is 18.9 Å². The van der Waals surface area contributed by atoms with Crippen molar-refractivity contribution in [3.63, 3.8) is 0 Å². The summed E-state index contributed by atoms with van der Waals surface area (Å²) in [6, 6.07) is 1.75. The van der Waals surface area contributed by atoms with Crippen LogP contribution in [0.25, 0.3) is 0 Å². The molecular formula is C10H13FN2O. The topological polar surface area (TPSA) is 34.1 Å². The molecule has 0 radical (unpaired) electrons. The summed E-state index contributed by atoms with van der Waals surface area (Å²) in [6.45, 7) is 1.64. The van der Waals surface area contributed by atoms with Gasteiger partial charge in [-0.1, -0.05) is 0 Å². The maximum absolute atomic E-state index is 12.7. The Labute approximate surface area is 82.3 Å². The zero-order valence-corrected chi connectivity index (χ0v) is 7.87. The zero-order chi connectivity index (χ0) is 9.80. The van der Waals surface area contributed by atoms with Crippen LogP contribution in [0, 0.1) is 5.82 Å². The van der Waals surface area contributed by atoms with Gasteiger partial charge in [-0.05, 0) is 19.4 Å². The minimum Gasteiger partial charge on any atom is -0.490 e. The molecule has 0 aromatic carbocycles. The fraction of sp³-hybridized carbons (Fsp3) is 0.500. The molecule has 1 aromatic heterocycles. The summed E-state index contributed by atoms with van der Waals surface area (Å²) in [5.74, 6) is 0.139. The molecule has 1 atom stereocenters. The molecule has 0 spiro atoms. The number of ether oxygens (including phenoxy) is 1. The second-order valence-corrected chi connectivity index (χ2v) is 3.44. The van der Waals surface area contributed by atoms with Gasteiger partial charge in [0, 0.05) is 12.1 Å². The van der Waals surface area contributed by atoms with Crippen LogP contribution in [0.3, 0.4) is 0 Å². The lowest BCUT2D eigenvalue weighted by Crippen LogP contribution is -2.28. The molecule has 0 saturated carbocycles. The molecule has 0 amide bonds. The smallest absolute Gasteiger partial charge is 0.145 e. The summed E-state index contributed by atoms with van der Waals surface area (Å²) in [5.41, 5.74) is 0. The summed E-state index contributed by atoms with van der Waals surface area (Å²) in [4.78, 5) is 3.71. The monoisotopic (exact) mass is 196 g/mol. The van der Waals surface area contributed by atoms with E-state index in [4.69, 9.17) is 4.74 Å². The molecular weight excluding hydrogens is 183 g/mol. The van der Waals surface area contributed by atoms with Gasteiger partial charge in [0.05, 0.1) is 12.4 Å². The van der Waals surface area contributed by atoms with Crippen LogP contribution in [0.2, 0.25) is 0 Å². The molecule has 76 valence electrons. The Kier molecular flexibility index (Phi) is 2.93.